The SMILES string of the molecule is CCCNc1nc(C)cc(OCCC2CCC2)n1. The predicted molar refractivity (Wildman–Crippen MR) is 73.0 cm³/mol. The first kappa shape index (κ1) is 13.1. The van der Waals surface area contributed by atoms with E-state index in [0.29, 0.717) is 11.8 Å². The van der Waals surface area contributed by atoms with Gasteiger partial charge in [-0.3, -0.25) is 0 Å². The standard InChI is InChI=1S/C14H23N3O/c1-3-8-15-14-16-11(2)10-13(17-14)18-9-7-12-5-4-6-12/h10,12H,3-9H2,1-2H3,(H,15,16,17). The lowest BCUT2D eigenvalue weighted by molar-refractivity contribution is 0.217. The summed E-state index contributed by atoms with van der Waals surface area (Å²) in [5.74, 6) is 2.25. The molecule has 100 valence electrons. The van der Waals surface area contributed by atoms with E-state index < -0.39 is 0 Å². The van der Waals surface area contributed by atoms with Crippen LogP contribution < -0.4 is 10.1 Å². The summed E-state index contributed by atoms with van der Waals surface area (Å²) in [6.45, 7) is 5.76. The Morgan fingerprint density at radius 2 is 2.22 bits per heavy atom. The number of nitrogens with one attached hydrogen (secondary N) is 1. The molecule has 0 bridgehead atoms. The molecule has 1 N–H and O–H groups in total. The lowest BCUT2D eigenvalue weighted by Gasteiger charge is -2.24. The van der Waals surface area contributed by atoms with Crippen LogP contribution in [0, 0.1) is 12.8 Å². The molecule has 1 aromatic rings. The predicted octanol–water partition coefficient (Wildman–Crippen LogP) is 3.18. The van der Waals surface area contributed by atoms with Gasteiger partial charge in [0.15, 0.2) is 0 Å². The molecule has 0 aromatic carbocycles. The normalized spacial score (nSPS) is 15.2. The summed E-state index contributed by atoms with van der Waals surface area (Å²) in [4.78, 5) is 8.71. The summed E-state index contributed by atoms with van der Waals surface area (Å²) >= 11 is 0. The Bertz CT molecular complexity index is 377. The highest BCUT2D eigenvalue weighted by molar-refractivity contribution is 5.30. The van der Waals surface area contributed by atoms with Gasteiger partial charge in [-0.15, -0.1) is 0 Å². The highest BCUT2D eigenvalue weighted by atomic mass is 16.5. The first-order chi connectivity index (χ1) is 8.78. The van der Waals surface area contributed by atoms with Crippen molar-refractivity contribution >= 4 is 5.95 Å². The summed E-state index contributed by atoms with van der Waals surface area (Å²) < 4.78 is 5.72. The van der Waals surface area contributed by atoms with Gasteiger partial charge >= 0.3 is 0 Å². The topological polar surface area (TPSA) is 47.0 Å². The zero-order chi connectivity index (χ0) is 12.8. The van der Waals surface area contributed by atoms with Gasteiger partial charge in [0, 0.05) is 18.3 Å². The van der Waals surface area contributed by atoms with Crippen LogP contribution in [-0.4, -0.2) is 23.1 Å². The van der Waals surface area contributed by atoms with Gasteiger partial charge in [0.25, 0.3) is 0 Å². The van der Waals surface area contributed by atoms with Gasteiger partial charge in [-0.05, 0) is 25.7 Å². The van der Waals surface area contributed by atoms with Crippen LogP contribution in [0.15, 0.2) is 6.07 Å². The summed E-state index contributed by atoms with van der Waals surface area (Å²) in [6.07, 6.45) is 6.35. The molecule has 18 heavy (non-hydrogen) atoms. The van der Waals surface area contributed by atoms with Crippen molar-refractivity contribution in [1.82, 2.24) is 9.97 Å². The molecule has 0 spiro atoms. The lowest BCUT2D eigenvalue weighted by Crippen LogP contribution is -2.15. The van der Waals surface area contributed by atoms with Crippen molar-refractivity contribution in [3.63, 3.8) is 0 Å². The summed E-state index contributed by atoms with van der Waals surface area (Å²) in [5.41, 5.74) is 0.947. The Balaban J connectivity index is 1.83. The summed E-state index contributed by atoms with van der Waals surface area (Å²) in [6, 6.07) is 1.90. The van der Waals surface area contributed by atoms with Crippen LogP contribution in [0.25, 0.3) is 0 Å². The second-order valence-electron chi connectivity index (χ2n) is 5.03. The molecule has 0 radical (unpaired) electrons. The molecule has 4 nitrogen and oxygen atoms in total. The van der Waals surface area contributed by atoms with Crippen molar-refractivity contribution in [3.8, 4) is 5.88 Å². The average molecular weight is 249 g/mol. The maximum Gasteiger partial charge on any atom is 0.226 e. The molecule has 2 rings (SSSR count). The van der Waals surface area contributed by atoms with Crippen molar-refractivity contribution in [2.75, 3.05) is 18.5 Å². The van der Waals surface area contributed by atoms with Crippen molar-refractivity contribution in [2.24, 2.45) is 5.92 Å². The molecular weight excluding hydrogens is 226 g/mol. The van der Waals surface area contributed by atoms with Crippen LogP contribution in [0.1, 0.15) is 44.7 Å². The highest BCUT2D eigenvalue weighted by Gasteiger charge is 2.17. The number of anilines is 1. The number of nitrogens with zero attached hydrogens (tertiary/aromatic N) is 2. The minimum atomic E-state index is 0.676. The van der Waals surface area contributed by atoms with Crippen LogP contribution >= 0.6 is 0 Å². The fourth-order valence-corrected chi connectivity index (χ4v) is 2.04. The Morgan fingerprint density at radius 1 is 1.39 bits per heavy atom. The van der Waals surface area contributed by atoms with Gasteiger partial charge in [-0.2, -0.15) is 4.98 Å². The summed E-state index contributed by atoms with van der Waals surface area (Å²) in [7, 11) is 0. The zero-order valence-corrected chi connectivity index (χ0v) is 11.4. The second-order valence-corrected chi connectivity index (χ2v) is 5.03. The maximum absolute atomic E-state index is 5.72. The van der Waals surface area contributed by atoms with Gasteiger partial charge in [0.05, 0.1) is 6.61 Å². The van der Waals surface area contributed by atoms with Crippen LogP contribution in [0.4, 0.5) is 5.95 Å². The largest absolute Gasteiger partial charge is 0.478 e. The van der Waals surface area contributed by atoms with Crippen molar-refractivity contribution < 1.29 is 4.74 Å². The number of aromatic nitrogens is 2. The Kier molecular flexibility index (Phi) is 4.79. The van der Waals surface area contributed by atoms with Crippen LogP contribution in [0.2, 0.25) is 0 Å². The van der Waals surface area contributed by atoms with E-state index >= 15 is 0 Å². The Labute approximate surface area is 109 Å². The first-order valence-electron chi connectivity index (χ1n) is 7.00. The third-order valence-electron chi connectivity index (χ3n) is 3.36. The van der Waals surface area contributed by atoms with Crippen LogP contribution in [0.5, 0.6) is 5.88 Å². The Morgan fingerprint density at radius 3 is 2.89 bits per heavy atom. The minimum Gasteiger partial charge on any atom is -0.478 e. The molecule has 1 aliphatic rings. The van der Waals surface area contributed by atoms with E-state index in [-0.39, 0.29) is 0 Å². The summed E-state index contributed by atoms with van der Waals surface area (Å²) in [5, 5.41) is 3.19. The number of aryl methyl sites for hydroxylation is 1. The van der Waals surface area contributed by atoms with E-state index in [2.05, 4.69) is 22.2 Å². The van der Waals surface area contributed by atoms with Crippen LogP contribution in [-0.2, 0) is 0 Å². The molecule has 1 aromatic heterocycles. The molecule has 4 heteroatoms. The van der Waals surface area contributed by atoms with Crippen LogP contribution in [0.3, 0.4) is 0 Å². The molecule has 0 aliphatic heterocycles. The zero-order valence-electron chi connectivity index (χ0n) is 11.4. The fourth-order valence-electron chi connectivity index (χ4n) is 2.04. The van der Waals surface area contributed by atoms with Gasteiger partial charge in [-0.25, -0.2) is 4.98 Å². The molecule has 0 amide bonds. The van der Waals surface area contributed by atoms with Gasteiger partial charge in [0.1, 0.15) is 0 Å². The van der Waals surface area contributed by atoms with E-state index in [1.54, 1.807) is 0 Å². The molecule has 0 saturated heterocycles. The van der Waals surface area contributed by atoms with Crippen molar-refractivity contribution in [2.45, 2.75) is 46.0 Å². The number of hydrogen-bond acceptors (Lipinski definition) is 4. The molecule has 1 fully saturated rings. The van der Waals surface area contributed by atoms with Gasteiger partial charge in [0.2, 0.25) is 11.8 Å². The quantitative estimate of drug-likeness (QED) is 0.806. The lowest BCUT2D eigenvalue weighted by atomic mass is 9.83. The fraction of sp³-hybridized carbons (Fsp3) is 0.714. The van der Waals surface area contributed by atoms with Gasteiger partial charge < -0.3 is 10.1 Å². The smallest absolute Gasteiger partial charge is 0.226 e. The number of hydrogen-bond donors (Lipinski definition) is 1. The van der Waals surface area contributed by atoms with E-state index in [0.717, 1.165) is 37.6 Å². The van der Waals surface area contributed by atoms with Gasteiger partial charge in [-0.1, -0.05) is 26.2 Å². The molecule has 1 saturated carbocycles. The highest BCUT2D eigenvalue weighted by Crippen LogP contribution is 2.29. The van der Waals surface area contributed by atoms with E-state index in [9.17, 15) is 0 Å². The van der Waals surface area contributed by atoms with E-state index in [1.165, 1.54) is 19.3 Å². The maximum atomic E-state index is 5.72. The molecule has 1 aliphatic carbocycles. The van der Waals surface area contributed by atoms with E-state index in [4.69, 9.17) is 4.74 Å². The average Bonchev–Trinajstić information content (AvgIpc) is 2.29. The number of rotatable bonds is 7. The van der Waals surface area contributed by atoms with E-state index in [1.807, 2.05) is 13.0 Å². The monoisotopic (exact) mass is 249 g/mol. The third-order valence-corrected chi connectivity index (χ3v) is 3.36. The van der Waals surface area contributed by atoms with Crippen molar-refractivity contribution in [3.05, 3.63) is 11.8 Å². The second kappa shape index (κ2) is 6.57. The van der Waals surface area contributed by atoms with Crippen molar-refractivity contribution in [1.29, 1.82) is 0 Å². The molecule has 0 atom stereocenters. The first-order valence-corrected chi connectivity index (χ1v) is 7.00. The molecule has 0 unspecified atom stereocenters. The Hall–Kier alpha value is -1.32. The number of ether oxygens (including phenoxy) is 1. The third kappa shape index (κ3) is 3.86. The minimum absolute atomic E-state index is 0.676. The molecular formula is C14H23N3O. The molecule has 1 heterocycles.